The van der Waals surface area contributed by atoms with Crippen LogP contribution in [0.3, 0.4) is 0 Å². The topological polar surface area (TPSA) is 47.3 Å². The van der Waals surface area contributed by atoms with Gasteiger partial charge in [-0.15, -0.1) is 12.4 Å². The Morgan fingerprint density at radius 1 is 1.60 bits per heavy atom. The van der Waals surface area contributed by atoms with E-state index in [9.17, 15) is 0 Å². The molecule has 2 atom stereocenters. The van der Waals surface area contributed by atoms with Crippen molar-refractivity contribution in [1.29, 1.82) is 0 Å². The van der Waals surface area contributed by atoms with E-state index in [1.165, 1.54) is 0 Å². The van der Waals surface area contributed by atoms with Crippen molar-refractivity contribution in [2.24, 2.45) is 11.8 Å². The zero-order valence-electron chi connectivity index (χ0n) is 6.17. The second kappa shape index (κ2) is 4.91. The van der Waals surface area contributed by atoms with Crippen molar-refractivity contribution < 1.29 is 4.74 Å². The largest absolute Gasteiger partial charge is 0.381 e. The summed E-state index contributed by atoms with van der Waals surface area (Å²) in [5.74, 6) is 5.85. The quantitative estimate of drug-likeness (QED) is 0.435. The zero-order chi connectivity index (χ0) is 6.69. The summed E-state index contributed by atoms with van der Waals surface area (Å²) in [6, 6.07) is 0.457. The van der Waals surface area contributed by atoms with Crippen molar-refractivity contribution >= 4 is 12.4 Å². The first-order valence-corrected chi connectivity index (χ1v) is 3.38. The van der Waals surface area contributed by atoms with Gasteiger partial charge in [0.1, 0.15) is 0 Å². The van der Waals surface area contributed by atoms with E-state index in [2.05, 4.69) is 12.3 Å². The van der Waals surface area contributed by atoms with Gasteiger partial charge >= 0.3 is 0 Å². The molecule has 1 heterocycles. The van der Waals surface area contributed by atoms with Crippen molar-refractivity contribution in [2.75, 3.05) is 13.2 Å². The van der Waals surface area contributed by atoms with Crippen LogP contribution in [0.1, 0.15) is 13.3 Å². The van der Waals surface area contributed by atoms with Crippen LogP contribution >= 0.6 is 12.4 Å². The highest BCUT2D eigenvalue weighted by atomic mass is 35.5. The van der Waals surface area contributed by atoms with E-state index in [-0.39, 0.29) is 12.4 Å². The maximum absolute atomic E-state index is 5.29. The molecule has 1 saturated heterocycles. The van der Waals surface area contributed by atoms with Crippen molar-refractivity contribution in [2.45, 2.75) is 19.4 Å². The molecule has 0 aromatic carbocycles. The van der Waals surface area contributed by atoms with Gasteiger partial charge in [-0.3, -0.25) is 11.3 Å². The molecular formula is C6H15ClN2O. The van der Waals surface area contributed by atoms with Gasteiger partial charge in [-0.2, -0.15) is 0 Å². The van der Waals surface area contributed by atoms with Crippen LogP contribution in [0.4, 0.5) is 0 Å². The van der Waals surface area contributed by atoms with Gasteiger partial charge in [0.05, 0.1) is 6.61 Å². The molecule has 2 unspecified atom stereocenters. The Morgan fingerprint density at radius 2 is 2.30 bits per heavy atom. The molecular weight excluding hydrogens is 152 g/mol. The molecule has 0 aromatic heterocycles. The van der Waals surface area contributed by atoms with Crippen LogP contribution in [-0.4, -0.2) is 19.3 Å². The Labute approximate surface area is 67.7 Å². The fourth-order valence-corrected chi connectivity index (χ4v) is 1.13. The van der Waals surface area contributed by atoms with Crippen LogP contribution in [0.2, 0.25) is 0 Å². The Morgan fingerprint density at radius 3 is 2.70 bits per heavy atom. The SMILES string of the molecule is CC1COCCC1NN.Cl. The van der Waals surface area contributed by atoms with E-state index in [1.807, 2.05) is 0 Å². The highest BCUT2D eigenvalue weighted by molar-refractivity contribution is 5.85. The van der Waals surface area contributed by atoms with E-state index in [0.717, 1.165) is 19.6 Å². The lowest BCUT2D eigenvalue weighted by atomic mass is 9.99. The van der Waals surface area contributed by atoms with Crippen molar-refractivity contribution in [3.8, 4) is 0 Å². The van der Waals surface area contributed by atoms with Gasteiger partial charge in [-0.05, 0) is 12.3 Å². The first-order valence-electron chi connectivity index (χ1n) is 3.38. The molecule has 0 radical (unpaired) electrons. The normalized spacial score (nSPS) is 33.0. The minimum absolute atomic E-state index is 0. The number of halogens is 1. The lowest BCUT2D eigenvalue weighted by Crippen LogP contribution is -2.44. The molecule has 3 nitrogen and oxygen atoms in total. The van der Waals surface area contributed by atoms with Crippen LogP contribution in [0.15, 0.2) is 0 Å². The van der Waals surface area contributed by atoms with Crippen molar-refractivity contribution in [1.82, 2.24) is 5.43 Å². The molecule has 4 heteroatoms. The summed E-state index contributed by atoms with van der Waals surface area (Å²) in [5, 5.41) is 0. The zero-order valence-corrected chi connectivity index (χ0v) is 6.99. The summed E-state index contributed by atoms with van der Waals surface area (Å²) in [5.41, 5.74) is 2.77. The second-order valence-electron chi connectivity index (χ2n) is 2.61. The summed E-state index contributed by atoms with van der Waals surface area (Å²) < 4.78 is 5.22. The Balaban J connectivity index is 0.000000810. The first kappa shape index (κ1) is 10.2. The Bertz CT molecular complexity index is 91.8. The van der Waals surface area contributed by atoms with Crippen LogP contribution in [0, 0.1) is 5.92 Å². The summed E-state index contributed by atoms with van der Waals surface area (Å²) in [7, 11) is 0. The fraction of sp³-hybridized carbons (Fsp3) is 1.00. The third kappa shape index (κ3) is 2.42. The summed E-state index contributed by atoms with van der Waals surface area (Å²) in [6.07, 6.45) is 1.04. The summed E-state index contributed by atoms with van der Waals surface area (Å²) in [6.45, 7) is 3.83. The second-order valence-corrected chi connectivity index (χ2v) is 2.61. The minimum atomic E-state index is 0. The van der Waals surface area contributed by atoms with Crippen molar-refractivity contribution in [3.63, 3.8) is 0 Å². The van der Waals surface area contributed by atoms with Gasteiger partial charge in [-0.25, -0.2) is 0 Å². The molecule has 62 valence electrons. The van der Waals surface area contributed by atoms with Crippen LogP contribution < -0.4 is 11.3 Å². The number of rotatable bonds is 1. The van der Waals surface area contributed by atoms with E-state index >= 15 is 0 Å². The number of hydrogen-bond donors (Lipinski definition) is 2. The Kier molecular flexibility index (Phi) is 4.99. The van der Waals surface area contributed by atoms with E-state index in [0.29, 0.717) is 12.0 Å². The van der Waals surface area contributed by atoms with Crippen molar-refractivity contribution in [3.05, 3.63) is 0 Å². The first-order chi connectivity index (χ1) is 4.34. The smallest absolute Gasteiger partial charge is 0.0507 e. The number of nitrogens with one attached hydrogen (secondary N) is 1. The van der Waals surface area contributed by atoms with Gasteiger partial charge < -0.3 is 4.74 Å². The molecule has 10 heavy (non-hydrogen) atoms. The molecule has 0 bridgehead atoms. The lowest BCUT2D eigenvalue weighted by molar-refractivity contribution is 0.0392. The highest BCUT2D eigenvalue weighted by Crippen LogP contribution is 2.12. The van der Waals surface area contributed by atoms with Crippen LogP contribution in [0.25, 0.3) is 0 Å². The molecule has 1 fully saturated rings. The third-order valence-electron chi connectivity index (χ3n) is 1.85. The third-order valence-corrected chi connectivity index (χ3v) is 1.85. The monoisotopic (exact) mass is 166 g/mol. The average molecular weight is 167 g/mol. The van der Waals surface area contributed by atoms with Gasteiger partial charge in [0.2, 0.25) is 0 Å². The Hall–Kier alpha value is 0.170. The highest BCUT2D eigenvalue weighted by Gasteiger charge is 2.19. The fourth-order valence-electron chi connectivity index (χ4n) is 1.13. The molecule has 1 aliphatic rings. The van der Waals surface area contributed by atoms with E-state index in [1.54, 1.807) is 0 Å². The molecule has 1 rings (SSSR count). The molecule has 1 aliphatic heterocycles. The maximum atomic E-state index is 5.29. The van der Waals surface area contributed by atoms with E-state index < -0.39 is 0 Å². The predicted octanol–water partition coefficient (Wildman–Crippen LogP) is 0.297. The molecule has 0 amide bonds. The van der Waals surface area contributed by atoms with Gasteiger partial charge in [0.25, 0.3) is 0 Å². The summed E-state index contributed by atoms with van der Waals surface area (Å²) in [4.78, 5) is 0. The minimum Gasteiger partial charge on any atom is -0.381 e. The number of hydrogen-bond acceptors (Lipinski definition) is 3. The van der Waals surface area contributed by atoms with E-state index in [4.69, 9.17) is 10.6 Å². The molecule has 0 aromatic rings. The molecule has 3 N–H and O–H groups in total. The molecule has 0 aliphatic carbocycles. The standard InChI is InChI=1S/C6H14N2O.ClH/c1-5-4-9-3-2-6(5)8-7;/h5-6,8H,2-4,7H2,1H3;1H. The van der Waals surface area contributed by atoms with Crippen LogP contribution in [0.5, 0.6) is 0 Å². The van der Waals surface area contributed by atoms with Gasteiger partial charge in [0.15, 0.2) is 0 Å². The number of ether oxygens (including phenoxy) is 1. The van der Waals surface area contributed by atoms with Gasteiger partial charge in [0, 0.05) is 12.6 Å². The molecule has 0 saturated carbocycles. The maximum Gasteiger partial charge on any atom is 0.0507 e. The average Bonchev–Trinajstić information content (AvgIpc) is 1.89. The molecule has 0 spiro atoms. The summed E-state index contributed by atoms with van der Waals surface area (Å²) >= 11 is 0. The van der Waals surface area contributed by atoms with Gasteiger partial charge in [-0.1, -0.05) is 6.92 Å². The van der Waals surface area contributed by atoms with Crippen LogP contribution in [-0.2, 0) is 4.74 Å². The number of hydrazine groups is 1. The predicted molar refractivity (Wildman–Crippen MR) is 43.0 cm³/mol. The number of nitrogens with two attached hydrogens (primary N) is 1. The lowest BCUT2D eigenvalue weighted by Gasteiger charge is -2.27.